The molecule has 19 heavy (non-hydrogen) atoms. The van der Waals surface area contributed by atoms with Crippen molar-refractivity contribution in [2.24, 2.45) is 16.1 Å². The summed E-state index contributed by atoms with van der Waals surface area (Å²) in [5.41, 5.74) is 6.26. The molecule has 5 heteroatoms. The maximum atomic E-state index is 5.98. The third-order valence-corrected chi connectivity index (χ3v) is 4.50. The van der Waals surface area contributed by atoms with Crippen LogP contribution in [0, 0.1) is 5.41 Å². The first-order chi connectivity index (χ1) is 9.12. The molecule has 2 rings (SSSR count). The molecule has 2 aliphatic rings. The molecule has 2 aliphatic carbocycles. The number of nitrogens with two attached hydrogens (primary N) is 1. The lowest BCUT2D eigenvalue weighted by atomic mass is 9.51. The summed E-state index contributed by atoms with van der Waals surface area (Å²) in [7, 11) is 1.69. The third-order valence-electron chi connectivity index (χ3n) is 4.50. The molecule has 3 N–H and O–H groups in total. The van der Waals surface area contributed by atoms with Gasteiger partial charge in [0.1, 0.15) is 0 Å². The monoisotopic (exact) mass is 269 g/mol. The molecule has 0 saturated heterocycles. The first-order valence-electron chi connectivity index (χ1n) is 7.32. The Labute approximate surface area is 115 Å². The van der Waals surface area contributed by atoms with Gasteiger partial charge in [0, 0.05) is 25.2 Å². The summed E-state index contributed by atoms with van der Waals surface area (Å²) in [6, 6.07) is 0.522. The number of nitrogens with zero attached hydrogens (tertiary/aromatic N) is 1. The second-order valence-electron chi connectivity index (χ2n) is 5.80. The minimum Gasteiger partial charge on any atom is -0.383 e. The van der Waals surface area contributed by atoms with E-state index in [1.165, 1.54) is 19.3 Å². The quantitative estimate of drug-likeness (QED) is 0.563. The van der Waals surface area contributed by atoms with E-state index in [4.69, 9.17) is 15.2 Å². The largest absolute Gasteiger partial charge is 0.383 e. The highest BCUT2D eigenvalue weighted by Crippen LogP contribution is 2.58. The van der Waals surface area contributed by atoms with E-state index < -0.39 is 0 Å². The Kier molecular flexibility index (Phi) is 4.68. The van der Waals surface area contributed by atoms with E-state index in [9.17, 15) is 0 Å². The molecule has 5 nitrogen and oxygen atoms in total. The molecule has 0 aliphatic heterocycles. The maximum Gasteiger partial charge on any atom is 0.189 e. The van der Waals surface area contributed by atoms with Crippen molar-refractivity contribution in [2.75, 3.05) is 20.3 Å². The molecule has 1 spiro atoms. The predicted octanol–water partition coefficient (Wildman–Crippen LogP) is 1.27. The van der Waals surface area contributed by atoms with Crippen molar-refractivity contribution in [3.63, 3.8) is 0 Å². The van der Waals surface area contributed by atoms with Gasteiger partial charge in [-0.3, -0.25) is 0 Å². The normalized spacial score (nSPS) is 30.6. The van der Waals surface area contributed by atoms with Gasteiger partial charge in [0.05, 0.1) is 18.8 Å². The van der Waals surface area contributed by atoms with Crippen molar-refractivity contribution >= 4 is 5.96 Å². The van der Waals surface area contributed by atoms with Gasteiger partial charge in [-0.15, -0.1) is 0 Å². The van der Waals surface area contributed by atoms with Gasteiger partial charge in [-0.2, -0.15) is 0 Å². The maximum absolute atomic E-state index is 5.98. The Morgan fingerprint density at radius 3 is 2.79 bits per heavy atom. The van der Waals surface area contributed by atoms with Gasteiger partial charge in [0.25, 0.3) is 0 Å². The Balaban J connectivity index is 1.89. The average Bonchev–Trinajstić information content (AvgIpc) is 2.25. The lowest BCUT2D eigenvalue weighted by Crippen LogP contribution is -2.62. The molecule has 110 valence electrons. The number of methoxy groups -OCH3 is 1. The van der Waals surface area contributed by atoms with Gasteiger partial charge in [-0.25, -0.2) is 4.99 Å². The Morgan fingerprint density at radius 1 is 1.53 bits per heavy atom. The Morgan fingerprint density at radius 2 is 2.26 bits per heavy atom. The molecule has 0 aromatic heterocycles. The van der Waals surface area contributed by atoms with Crippen LogP contribution in [0.1, 0.15) is 39.5 Å². The fourth-order valence-corrected chi connectivity index (χ4v) is 3.33. The SMILES string of the molecule is CCOC1CC(N=C(N)NC(C)COC)C12CCC2. The molecule has 3 atom stereocenters. The zero-order chi connectivity index (χ0) is 13.9. The average molecular weight is 269 g/mol. The highest BCUT2D eigenvalue weighted by molar-refractivity contribution is 5.78. The minimum atomic E-state index is 0.189. The van der Waals surface area contributed by atoms with E-state index in [1.54, 1.807) is 7.11 Å². The summed E-state index contributed by atoms with van der Waals surface area (Å²) < 4.78 is 10.9. The third kappa shape index (κ3) is 2.87. The van der Waals surface area contributed by atoms with E-state index in [-0.39, 0.29) is 11.5 Å². The smallest absolute Gasteiger partial charge is 0.189 e. The predicted molar refractivity (Wildman–Crippen MR) is 76.2 cm³/mol. The molecule has 0 bridgehead atoms. The lowest BCUT2D eigenvalue weighted by molar-refractivity contribution is -0.162. The molecule has 0 aromatic carbocycles. The van der Waals surface area contributed by atoms with Gasteiger partial charge in [0.2, 0.25) is 0 Å². The van der Waals surface area contributed by atoms with Gasteiger partial charge in [-0.1, -0.05) is 6.42 Å². The first-order valence-corrected chi connectivity index (χ1v) is 7.32. The van der Waals surface area contributed by atoms with Gasteiger partial charge >= 0.3 is 0 Å². The summed E-state index contributed by atoms with van der Waals surface area (Å²) in [5, 5.41) is 3.17. The minimum absolute atomic E-state index is 0.189. The van der Waals surface area contributed by atoms with Crippen LogP contribution in [0.2, 0.25) is 0 Å². The fourth-order valence-electron chi connectivity index (χ4n) is 3.33. The topological polar surface area (TPSA) is 68.9 Å². The van der Waals surface area contributed by atoms with Crippen LogP contribution in [-0.4, -0.2) is 44.5 Å². The number of nitrogens with one attached hydrogen (secondary N) is 1. The standard InChI is InChI=1S/C14H27N3O2/c1-4-19-12-8-11(14(12)6-5-7-14)17-13(15)16-10(2)9-18-3/h10-12H,4-9H2,1-3H3,(H3,15,16,17). The fraction of sp³-hybridized carbons (Fsp3) is 0.929. The van der Waals surface area contributed by atoms with Crippen LogP contribution in [0.3, 0.4) is 0 Å². The van der Waals surface area contributed by atoms with Crippen LogP contribution in [-0.2, 0) is 9.47 Å². The Hall–Kier alpha value is -0.810. The highest BCUT2D eigenvalue weighted by atomic mass is 16.5. The van der Waals surface area contributed by atoms with Crippen LogP contribution >= 0.6 is 0 Å². The van der Waals surface area contributed by atoms with E-state index in [2.05, 4.69) is 17.2 Å². The molecule has 0 radical (unpaired) electrons. The first kappa shape index (κ1) is 14.6. The summed E-state index contributed by atoms with van der Waals surface area (Å²) in [6.07, 6.45) is 5.15. The zero-order valence-corrected chi connectivity index (χ0v) is 12.3. The molecule has 0 amide bonds. The van der Waals surface area contributed by atoms with Crippen molar-refractivity contribution in [1.82, 2.24) is 5.32 Å². The van der Waals surface area contributed by atoms with Crippen LogP contribution in [0.4, 0.5) is 0 Å². The molecule has 0 heterocycles. The molecular formula is C14H27N3O2. The van der Waals surface area contributed by atoms with E-state index in [1.807, 2.05) is 6.92 Å². The summed E-state index contributed by atoms with van der Waals surface area (Å²) in [4.78, 5) is 4.66. The Bertz CT molecular complexity index is 329. The number of hydrogen-bond donors (Lipinski definition) is 2. The van der Waals surface area contributed by atoms with E-state index in [0.29, 0.717) is 24.7 Å². The molecular weight excluding hydrogens is 242 g/mol. The van der Waals surface area contributed by atoms with Crippen molar-refractivity contribution in [1.29, 1.82) is 0 Å². The number of rotatable bonds is 6. The molecule has 2 saturated carbocycles. The van der Waals surface area contributed by atoms with Crippen molar-refractivity contribution < 1.29 is 9.47 Å². The van der Waals surface area contributed by atoms with E-state index >= 15 is 0 Å². The van der Waals surface area contributed by atoms with Gasteiger partial charge in [-0.05, 0) is 33.1 Å². The zero-order valence-electron chi connectivity index (χ0n) is 12.3. The lowest BCUT2D eigenvalue weighted by Gasteiger charge is -2.59. The second kappa shape index (κ2) is 6.09. The summed E-state index contributed by atoms with van der Waals surface area (Å²) >= 11 is 0. The highest BCUT2D eigenvalue weighted by Gasteiger charge is 2.59. The van der Waals surface area contributed by atoms with Crippen LogP contribution < -0.4 is 11.1 Å². The number of ether oxygens (including phenoxy) is 2. The molecule has 2 fully saturated rings. The number of aliphatic imine (C=N–C) groups is 1. The molecule has 0 aromatic rings. The number of guanidine groups is 1. The van der Waals surface area contributed by atoms with Gasteiger partial charge in [0.15, 0.2) is 5.96 Å². The molecule has 3 unspecified atom stereocenters. The summed E-state index contributed by atoms with van der Waals surface area (Å²) in [5.74, 6) is 0.538. The van der Waals surface area contributed by atoms with Crippen LogP contribution in [0.15, 0.2) is 4.99 Å². The van der Waals surface area contributed by atoms with Gasteiger partial charge < -0.3 is 20.5 Å². The van der Waals surface area contributed by atoms with Crippen LogP contribution in [0.25, 0.3) is 0 Å². The number of hydrogen-bond acceptors (Lipinski definition) is 3. The van der Waals surface area contributed by atoms with Crippen LogP contribution in [0.5, 0.6) is 0 Å². The van der Waals surface area contributed by atoms with Crippen molar-refractivity contribution in [3.8, 4) is 0 Å². The van der Waals surface area contributed by atoms with Crippen molar-refractivity contribution in [2.45, 2.75) is 57.7 Å². The second-order valence-corrected chi connectivity index (χ2v) is 5.80. The van der Waals surface area contributed by atoms with E-state index in [0.717, 1.165) is 13.0 Å². The van der Waals surface area contributed by atoms with Crippen molar-refractivity contribution in [3.05, 3.63) is 0 Å². The summed E-state index contributed by atoms with van der Waals surface area (Å²) in [6.45, 7) is 5.52.